The summed E-state index contributed by atoms with van der Waals surface area (Å²) in [4.78, 5) is 14.9. The van der Waals surface area contributed by atoms with Gasteiger partial charge in [0.05, 0.1) is 12.1 Å². The van der Waals surface area contributed by atoms with Crippen LogP contribution in [0.1, 0.15) is 28.2 Å². The molecule has 0 atom stereocenters. The molecule has 0 aromatic carbocycles. The van der Waals surface area contributed by atoms with E-state index in [2.05, 4.69) is 20.5 Å². The zero-order valence-corrected chi connectivity index (χ0v) is 10.9. The van der Waals surface area contributed by atoms with Crippen molar-refractivity contribution in [3.63, 3.8) is 0 Å². The second-order valence-corrected chi connectivity index (χ2v) is 4.56. The predicted molar refractivity (Wildman–Crippen MR) is 69.1 cm³/mol. The third-order valence-electron chi connectivity index (χ3n) is 2.99. The number of carbonyl (C=O) groups excluding carboxylic acids is 1. The molecule has 5 nitrogen and oxygen atoms in total. The molecule has 2 heterocycles. The third kappa shape index (κ3) is 2.80. The lowest BCUT2D eigenvalue weighted by Crippen LogP contribution is -2.24. The molecule has 0 unspecified atom stereocenters. The van der Waals surface area contributed by atoms with Gasteiger partial charge in [0.25, 0.3) is 0 Å². The average molecular weight is 246 g/mol. The molecular weight excluding hydrogens is 228 g/mol. The van der Waals surface area contributed by atoms with E-state index in [0.717, 1.165) is 28.2 Å². The van der Waals surface area contributed by atoms with Crippen LogP contribution in [0.5, 0.6) is 0 Å². The molecule has 0 saturated heterocycles. The smallest absolute Gasteiger partial charge is 0.224 e. The molecule has 0 aliphatic rings. The molecule has 0 aliphatic carbocycles. The number of H-pyrrole nitrogens is 2. The van der Waals surface area contributed by atoms with Crippen molar-refractivity contribution in [3.05, 3.63) is 40.5 Å². The molecule has 2 aromatic rings. The zero-order chi connectivity index (χ0) is 13.1. The minimum atomic E-state index is 0.0222. The molecule has 18 heavy (non-hydrogen) atoms. The summed E-state index contributed by atoms with van der Waals surface area (Å²) in [6.45, 7) is 6.38. The van der Waals surface area contributed by atoms with Gasteiger partial charge in [0.15, 0.2) is 0 Å². The SMILES string of the molecule is Cc1cc(CC(=O)NCc2c(C)n[nH]c2C)c[nH]1. The van der Waals surface area contributed by atoms with E-state index in [9.17, 15) is 4.79 Å². The monoisotopic (exact) mass is 246 g/mol. The maximum absolute atomic E-state index is 11.8. The molecule has 1 amide bonds. The highest BCUT2D eigenvalue weighted by atomic mass is 16.1. The van der Waals surface area contributed by atoms with Crippen LogP contribution in [-0.4, -0.2) is 21.1 Å². The summed E-state index contributed by atoms with van der Waals surface area (Å²) in [5.41, 5.74) is 5.08. The van der Waals surface area contributed by atoms with Gasteiger partial charge >= 0.3 is 0 Å². The number of amides is 1. The summed E-state index contributed by atoms with van der Waals surface area (Å²) < 4.78 is 0. The molecule has 0 bridgehead atoms. The first-order valence-corrected chi connectivity index (χ1v) is 5.97. The molecular formula is C13H18N4O. The lowest BCUT2D eigenvalue weighted by atomic mass is 10.2. The quantitative estimate of drug-likeness (QED) is 0.765. The maximum atomic E-state index is 11.8. The Bertz CT molecular complexity index is 534. The van der Waals surface area contributed by atoms with E-state index >= 15 is 0 Å². The number of hydrogen-bond donors (Lipinski definition) is 3. The van der Waals surface area contributed by atoms with Gasteiger partial charge in [-0.05, 0) is 32.4 Å². The molecule has 5 heteroatoms. The Morgan fingerprint density at radius 2 is 2.17 bits per heavy atom. The van der Waals surface area contributed by atoms with Gasteiger partial charge in [-0.2, -0.15) is 5.10 Å². The summed E-state index contributed by atoms with van der Waals surface area (Å²) in [6.07, 6.45) is 2.27. The van der Waals surface area contributed by atoms with Crippen molar-refractivity contribution < 1.29 is 4.79 Å². The molecule has 3 N–H and O–H groups in total. The molecule has 0 radical (unpaired) electrons. The highest BCUT2D eigenvalue weighted by Gasteiger charge is 2.09. The van der Waals surface area contributed by atoms with Gasteiger partial charge in [-0.25, -0.2) is 0 Å². The average Bonchev–Trinajstić information content (AvgIpc) is 2.84. The fourth-order valence-electron chi connectivity index (χ4n) is 1.94. The van der Waals surface area contributed by atoms with E-state index in [1.807, 2.05) is 33.0 Å². The molecule has 0 saturated carbocycles. The Morgan fingerprint density at radius 3 is 2.72 bits per heavy atom. The highest BCUT2D eigenvalue weighted by Crippen LogP contribution is 2.09. The van der Waals surface area contributed by atoms with Gasteiger partial charge in [-0.15, -0.1) is 0 Å². The van der Waals surface area contributed by atoms with E-state index in [4.69, 9.17) is 0 Å². The number of aryl methyl sites for hydroxylation is 3. The Kier molecular flexibility index (Phi) is 3.50. The lowest BCUT2D eigenvalue weighted by Gasteiger charge is -2.04. The Labute approximate surface area is 106 Å². The van der Waals surface area contributed by atoms with Crippen molar-refractivity contribution in [2.75, 3.05) is 0 Å². The van der Waals surface area contributed by atoms with Gasteiger partial charge in [0.1, 0.15) is 0 Å². The number of rotatable bonds is 4. The molecule has 2 aromatic heterocycles. The topological polar surface area (TPSA) is 73.6 Å². The van der Waals surface area contributed by atoms with E-state index in [1.165, 1.54) is 0 Å². The largest absolute Gasteiger partial charge is 0.365 e. The Hall–Kier alpha value is -2.04. The van der Waals surface area contributed by atoms with Crippen LogP contribution in [-0.2, 0) is 17.8 Å². The van der Waals surface area contributed by atoms with Gasteiger partial charge in [-0.3, -0.25) is 9.89 Å². The number of nitrogens with zero attached hydrogens (tertiary/aromatic N) is 1. The lowest BCUT2D eigenvalue weighted by molar-refractivity contribution is -0.120. The Morgan fingerprint density at radius 1 is 1.39 bits per heavy atom. The Balaban J connectivity index is 1.89. The number of carbonyl (C=O) groups is 1. The predicted octanol–water partition coefficient (Wildman–Crippen LogP) is 1.52. The van der Waals surface area contributed by atoms with Crippen LogP contribution >= 0.6 is 0 Å². The highest BCUT2D eigenvalue weighted by molar-refractivity contribution is 5.78. The fourth-order valence-corrected chi connectivity index (χ4v) is 1.94. The van der Waals surface area contributed by atoms with E-state index in [1.54, 1.807) is 0 Å². The summed E-state index contributed by atoms with van der Waals surface area (Å²) in [5, 5.41) is 9.92. The first-order chi connectivity index (χ1) is 8.56. The summed E-state index contributed by atoms with van der Waals surface area (Å²) in [6, 6.07) is 1.98. The van der Waals surface area contributed by atoms with E-state index < -0.39 is 0 Å². The minimum Gasteiger partial charge on any atom is -0.365 e. The molecule has 2 rings (SSSR count). The first kappa shape index (κ1) is 12.4. The number of aromatic nitrogens is 3. The maximum Gasteiger partial charge on any atom is 0.224 e. The third-order valence-corrected chi connectivity index (χ3v) is 2.99. The molecule has 0 spiro atoms. The molecule has 96 valence electrons. The van der Waals surface area contributed by atoms with Crippen LogP contribution in [0.25, 0.3) is 0 Å². The van der Waals surface area contributed by atoms with Crippen molar-refractivity contribution in [2.45, 2.75) is 33.7 Å². The zero-order valence-electron chi connectivity index (χ0n) is 10.9. The molecule has 0 aliphatic heterocycles. The van der Waals surface area contributed by atoms with Crippen molar-refractivity contribution >= 4 is 5.91 Å². The molecule has 0 fully saturated rings. The summed E-state index contributed by atoms with van der Waals surface area (Å²) in [7, 11) is 0. The first-order valence-electron chi connectivity index (χ1n) is 5.97. The fraction of sp³-hybridized carbons (Fsp3) is 0.385. The van der Waals surface area contributed by atoms with Gasteiger partial charge in [-0.1, -0.05) is 0 Å². The van der Waals surface area contributed by atoms with Crippen LogP contribution in [0.2, 0.25) is 0 Å². The van der Waals surface area contributed by atoms with Crippen LogP contribution < -0.4 is 5.32 Å². The second kappa shape index (κ2) is 5.08. The van der Waals surface area contributed by atoms with Crippen molar-refractivity contribution in [1.82, 2.24) is 20.5 Å². The van der Waals surface area contributed by atoms with Gasteiger partial charge < -0.3 is 10.3 Å². The van der Waals surface area contributed by atoms with Crippen LogP contribution in [0.4, 0.5) is 0 Å². The second-order valence-electron chi connectivity index (χ2n) is 4.56. The van der Waals surface area contributed by atoms with Crippen LogP contribution in [0.3, 0.4) is 0 Å². The normalized spacial score (nSPS) is 10.6. The number of aromatic amines is 2. The van der Waals surface area contributed by atoms with Gasteiger partial charge in [0.2, 0.25) is 5.91 Å². The van der Waals surface area contributed by atoms with E-state index in [0.29, 0.717) is 13.0 Å². The van der Waals surface area contributed by atoms with Crippen molar-refractivity contribution in [2.24, 2.45) is 0 Å². The standard InChI is InChI=1S/C13H18N4O/c1-8-4-11(6-14-8)5-13(18)15-7-12-9(2)16-17-10(12)3/h4,6,14H,5,7H2,1-3H3,(H,15,18)(H,16,17). The van der Waals surface area contributed by atoms with Crippen LogP contribution in [0.15, 0.2) is 12.3 Å². The number of nitrogens with one attached hydrogen (secondary N) is 3. The van der Waals surface area contributed by atoms with Crippen LogP contribution in [0, 0.1) is 20.8 Å². The minimum absolute atomic E-state index is 0.0222. The summed E-state index contributed by atoms with van der Waals surface area (Å²) >= 11 is 0. The number of hydrogen-bond acceptors (Lipinski definition) is 2. The summed E-state index contributed by atoms with van der Waals surface area (Å²) in [5.74, 6) is 0.0222. The van der Waals surface area contributed by atoms with Crippen molar-refractivity contribution in [3.8, 4) is 0 Å². The van der Waals surface area contributed by atoms with E-state index in [-0.39, 0.29) is 5.91 Å². The van der Waals surface area contributed by atoms with Gasteiger partial charge in [0, 0.05) is 29.7 Å². The van der Waals surface area contributed by atoms with Crippen molar-refractivity contribution in [1.29, 1.82) is 0 Å².